The number of fused-ring (bicyclic) bond motifs is 1. The molecule has 0 bridgehead atoms. The molecule has 2 N–H and O–H groups in total. The molecule has 148 valence electrons. The average molecular weight is 426 g/mol. The predicted octanol–water partition coefficient (Wildman–Crippen LogP) is 3.93. The first kappa shape index (κ1) is 19.5. The molecule has 0 saturated carbocycles. The van der Waals surface area contributed by atoms with Gasteiger partial charge in [0.05, 0.1) is 11.3 Å². The molecule has 2 aromatic heterocycles. The molecule has 0 atom stereocenters. The highest BCUT2D eigenvalue weighted by molar-refractivity contribution is 7.99. The summed E-state index contributed by atoms with van der Waals surface area (Å²) >= 11 is 2.77. The number of benzene rings is 1. The highest BCUT2D eigenvalue weighted by Crippen LogP contribution is 2.37. The Morgan fingerprint density at radius 1 is 1.31 bits per heavy atom. The molecule has 2 heterocycles. The highest BCUT2D eigenvalue weighted by Gasteiger charge is 2.22. The van der Waals surface area contributed by atoms with Crippen LogP contribution in [0.25, 0.3) is 0 Å². The normalized spacial score (nSPS) is 12.8. The van der Waals surface area contributed by atoms with Crippen molar-refractivity contribution >= 4 is 34.0 Å². The first-order valence-corrected chi connectivity index (χ1v) is 11.1. The second-order valence-electron chi connectivity index (χ2n) is 6.53. The number of nitrogens with one attached hydrogen (secondary N) is 2. The molecule has 0 spiro atoms. The number of aryl methyl sites for hydroxylation is 1. The maximum absolute atomic E-state index is 12.4. The van der Waals surface area contributed by atoms with Crippen molar-refractivity contribution < 1.29 is 9.53 Å². The minimum Gasteiger partial charge on any atom is -0.486 e. The number of H-pyrrole nitrogens is 1. The summed E-state index contributed by atoms with van der Waals surface area (Å²) in [5, 5.41) is 20.5. The monoisotopic (exact) mass is 425 g/mol. The Hall–Kier alpha value is -2.83. The van der Waals surface area contributed by atoms with E-state index in [0.717, 1.165) is 37.0 Å². The first-order valence-electron chi connectivity index (χ1n) is 9.29. The van der Waals surface area contributed by atoms with Crippen molar-refractivity contribution in [2.45, 2.75) is 37.4 Å². The number of para-hydroxylation sites is 1. The van der Waals surface area contributed by atoms with Gasteiger partial charge >= 0.3 is 0 Å². The highest BCUT2D eigenvalue weighted by atomic mass is 32.2. The maximum Gasteiger partial charge on any atom is 0.235 e. The van der Waals surface area contributed by atoms with Crippen LogP contribution < -0.4 is 10.1 Å². The number of amides is 1. The van der Waals surface area contributed by atoms with Crippen LogP contribution in [0.3, 0.4) is 0 Å². The van der Waals surface area contributed by atoms with Crippen LogP contribution in [0, 0.1) is 11.3 Å². The summed E-state index contributed by atoms with van der Waals surface area (Å²) in [5.41, 5.74) is 1.74. The van der Waals surface area contributed by atoms with Crippen LogP contribution in [0.1, 0.15) is 34.7 Å². The summed E-state index contributed by atoms with van der Waals surface area (Å²) in [4.78, 5) is 17.9. The fraction of sp³-hybridized carbons (Fsp3) is 0.300. The number of anilines is 1. The Labute approximate surface area is 176 Å². The Bertz CT molecular complexity index is 1040. The quantitative estimate of drug-likeness (QED) is 0.556. The van der Waals surface area contributed by atoms with Gasteiger partial charge in [-0.15, -0.1) is 16.4 Å². The standard InChI is InChI=1S/C20H19N5O2S2/c21-10-15-14-8-4-5-9-16(14)29-19(15)23-18(26)12-28-20-22-17(24-25-20)11-27-13-6-2-1-3-7-13/h1-3,6-7H,4-5,8-9,11-12H2,(H,23,26)(H,22,24,25). The molecular formula is C20H19N5O2S2. The van der Waals surface area contributed by atoms with E-state index in [9.17, 15) is 10.1 Å². The molecule has 3 aromatic rings. The van der Waals surface area contributed by atoms with Gasteiger partial charge in [0.15, 0.2) is 5.82 Å². The van der Waals surface area contributed by atoms with Crippen molar-refractivity contribution in [2.75, 3.05) is 11.1 Å². The molecule has 9 heteroatoms. The molecule has 29 heavy (non-hydrogen) atoms. The smallest absolute Gasteiger partial charge is 0.235 e. The molecule has 7 nitrogen and oxygen atoms in total. The van der Waals surface area contributed by atoms with E-state index in [1.165, 1.54) is 28.0 Å². The van der Waals surface area contributed by atoms with Gasteiger partial charge in [-0.3, -0.25) is 9.89 Å². The largest absolute Gasteiger partial charge is 0.486 e. The van der Waals surface area contributed by atoms with E-state index in [1.807, 2.05) is 30.3 Å². The topological polar surface area (TPSA) is 104 Å². The van der Waals surface area contributed by atoms with Gasteiger partial charge in [-0.2, -0.15) is 5.26 Å². The van der Waals surface area contributed by atoms with Gasteiger partial charge in [0, 0.05) is 4.88 Å². The third-order valence-electron chi connectivity index (χ3n) is 4.50. The van der Waals surface area contributed by atoms with E-state index in [-0.39, 0.29) is 18.3 Å². The second kappa shape index (κ2) is 9.11. The van der Waals surface area contributed by atoms with Crippen LogP contribution in [0.2, 0.25) is 0 Å². The number of thiophene rings is 1. The minimum atomic E-state index is -0.169. The van der Waals surface area contributed by atoms with Gasteiger partial charge in [-0.25, -0.2) is 4.98 Å². The second-order valence-corrected chi connectivity index (χ2v) is 8.58. The zero-order valence-electron chi connectivity index (χ0n) is 15.6. The van der Waals surface area contributed by atoms with Gasteiger partial charge < -0.3 is 10.1 Å². The minimum absolute atomic E-state index is 0.169. The SMILES string of the molecule is N#Cc1c(NC(=O)CSc2n[nH]c(COc3ccccc3)n2)sc2c1CCCC2. The van der Waals surface area contributed by atoms with Crippen molar-refractivity contribution in [3.63, 3.8) is 0 Å². The number of aromatic nitrogens is 3. The number of hydrogen-bond donors (Lipinski definition) is 2. The molecule has 4 rings (SSSR count). The number of nitrogens with zero attached hydrogens (tertiary/aromatic N) is 3. The van der Waals surface area contributed by atoms with E-state index in [2.05, 4.69) is 26.6 Å². The Morgan fingerprint density at radius 2 is 2.14 bits per heavy atom. The van der Waals surface area contributed by atoms with Gasteiger partial charge in [-0.05, 0) is 43.4 Å². The lowest BCUT2D eigenvalue weighted by Gasteiger charge is -2.09. The third kappa shape index (κ3) is 4.78. The number of thioether (sulfide) groups is 1. The van der Waals surface area contributed by atoms with Crippen molar-refractivity contribution in [1.29, 1.82) is 5.26 Å². The molecule has 0 saturated heterocycles. The fourth-order valence-corrected chi connectivity index (χ4v) is 5.01. The van der Waals surface area contributed by atoms with Gasteiger partial charge in [-0.1, -0.05) is 30.0 Å². The van der Waals surface area contributed by atoms with E-state index in [0.29, 0.717) is 21.5 Å². The molecule has 0 aliphatic heterocycles. The van der Waals surface area contributed by atoms with Crippen molar-refractivity contribution in [2.24, 2.45) is 0 Å². The Balaban J connectivity index is 1.30. The molecule has 0 radical (unpaired) electrons. The third-order valence-corrected chi connectivity index (χ3v) is 6.55. The van der Waals surface area contributed by atoms with Crippen molar-refractivity contribution in [3.8, 4) is 11.8 Å². The van der Waals surface area contributed by atoms with E-state index < -0.39 is 0 Å². The molecule has 1 aliphatic carbocycles. The number of carbonyl (C=O) groups is 1. The van der Waals surface area contributed by atoms with Crippen LogP contribution in [0.5, 0.6) is 5.75 Å². The summed E-state index contributed by atoms with van der Waals surface area (Å²) in [6.07, 6.45) is 4.15. The van der Waals surface area contributed by atoms with Gasteiger partial charge in [0.25, 0.3) is 0 Å². The molecule has 1 aromatic carbocycles. The van der Waals surface area contributed by atoms with Gasteiger partial charge in [0.2, 0.25) is 11.1 Å². The summed E-state index contributed by atoms with van der Waals surface area (Å²) < 4.78 is 5.62. The summed E-state index contributed by atoms with van der Waals surface area (Å²) in [7, 11) is 0. The molecule has 1 aliphatic rings. The predicted molar refractivity (Wildman–Crippen MR) is 112 cm³/mol. The number of aromatic amines is 1. The van der Waals surface area contributed by atoms with E-state index in [4.69, 9.17) is 4.74 Å². The zero-order chi connectivity index (χ0) is 20.1. The molecule has 1 amide bonds. The van der Waals surface area contributed by atoms with Gasteiger partial charge in [0.1, 0.15) is 23.4 Å². The van der Waals surface area contributed by atoms with Crippen LogP contribution in [0.4, 0.5) is 5.00 Å². The lowest BCUT2D eigenvalue weighted by Crippen LogP contribution is -2.14. The zero-order valence-corrected chi connectivity index (χ0v) is 17.2. The molecular weight excluding hydrogens is 406 g/mol. The van der Waals surface area contributed by atoms with E-state index >= 15 is 0 Å². The number of hydrogen-bond acceptors (Lipinski definition) is 7. The summed E-state index contributed by atoms with van der Waals surface area (Å²) in [5.74, 6) is 1.35. The van der Waals surface area contributed by atoms with Crippen LogP contribution in [-0.4, -0.2) is 26.8 Å². The number of ether oxygens (including phenoxy) is 1. The number of rotatable bonds is 7. The summed E-state index contributed by atoms with van der Waals surface area (Å²) in [6.45, 7) is 0.274. The summed E-state index contributed by atoms with van der Waals surface area (Å²) in [6, 6.07) is 11.7. The Morgan fingerprint density at radius 3 is 2.97 bits per heavy atom. The van der Waals surface area contributed by atoms with Crippen LogP contribution in [-0.2, 0) is 24.2 Å². The lowest BCUT2D eigenvalue weighted by atomic mass is 9.96. The maximum atomic E-state index is 12.4. The van der Waals surface area contributed by atoms with E-state index in [1.54, 1.807) is 0 Å². The molecule has 0 unspecified atom stereocenters. The number of carbonyl (C=O) groups excluding carboxylic acids is 1. The number of nitriles is 1. The van der Waals surface area contributed by atoms with Crippen LogP contribution in [0.15, 0.2) is 35.5 Å². The average Bonchev–Trinajstić information content (AvgIpc) is 3.35. The lowest BCUT2D eigenvalue weighted by molar-refractivity contribution is -0.113. The van der Waals surface area contributed by atoms with Crippen molar-refractivity contribution in [3.05, 3.63) is 52.2 Å². The first-order chi connectivity index (χ1) is 14.2. The fourth-order valence-electron chi connectivity index (χ4n) is 3.14. The van der Waals surface area contributed by atoms with Crippen molar-refractivity contribution in [1.82, 2.24) is 15.2 Å². The van der Waals surface area contributed by atoms with Crippen LogP contribution >= 0.6 is 23.1 Å². The Kier molecular flexibility index (Phi) is 6.12. The molecule has 0 fully saturated rings.